The number of hydrogen-bond donors (Lipinski definition) is 2. The quantitative estimate of drug-likeness (QED) is 0.167. The molecule has 0 aliphatic carbocycles. The Morgan fingerprint density at radius 1 is 0.821 bits per heavy atom. The third-order valence-electron chi connectivity index (χ3n) is 5.94. The molecule has 0 radical (unpaired) electrons. The molecule has 2 N–H and O–H groups in total. The summed E-state index contributed by atoms with van der Waals surface area (Å²) in [4.78, 5) is 36.4. The largest absolute Gasteiger partial charge is 0.455 e. The predicted octanol–water partition coefficient (Wildman–Crippen LogP) is 5.13. The lowest BCUT2D eigenvalue weighted by Gasteiger charge is -2.26. The van der Waals surface area contributed by atoms with Crippen LogP contribution in [-0.2, 0) is 0 Å². The maximum absolute atomic E-state index is 10.9. The second-order valence-corrected chi connectivity index (χ2v) is 8.64. The first-order chi connectivity index (χ1) is 18.9. The average molecular weight is 530 g/mol. The molecule has 1 fully saturated rings. The van der Waals surface area contributed by atoms with Crippen molar-refractivity contribution in [2.24, 2.45) is 5.10 Å². The lowest BCUT2D eigenvalue weighted by atomic mass is 10.1. The van der Waals surface area contributed by atoms with Gasteiger partial charge in [0.15, 0.2) is 0 Å². The van der Waals surface area contributed by atoms with E-state index in [0.29, 0.717) is 28.7 Å². The average Bonchev–Trinajstić information content (AvgIpc) is 3.43. The zero-order chi connectivity index (χ0) is 27.2. The van der Waals surface area contributed by atoms with Gasteiger partial charge in [0.05, 0.1) is 16.1 Å². The van der Waals surface area contributed by atoms with E-state index in [4.69, 9.17) is 4.42 Å². The molecule has 3 heterocycles. The Kier molecular flexibility index (Phi) is 7.34. The summed E-state index contributed by atoms with van der Waals surface area (Å²) < 4.78 is 5.78. The van der Waals surface area contributed by atoms with Gasteiger partial charge in [0, 0.05) is 48.6 Å². The Balaban J connectivity index is 1.32. The molecule has 39 heavy (non-hydrogen) atoms. The summed E-state index contributed by atoms with van der Waals surface area (Å²) in [5, 5.41) is 29.1. The fourth-order valence-electron chi connectivity index (χ4n) is 3.98. The molecule has 0 bridgehead atoms. The number of nitro groups is 2. The van der Waals surface area contributed by atoms with Crippen molar-refractivity contribution in [1.82, 2.24) is 15.0 Å². The van der Waals surface area contributed by atoms with Crippen molar-refractivity contribution in [1.29, 1.82) is 0 Å². The number of anilines is 4. The van der Waals surface area contributed by atoms with Gasteiger partial charge in [0.2, 0.25) is 17.8 Å². The Morgan fingerprint density at radius 3 is 2.13 bits per heavy atom. The highest BCUT2D eigenvalue weighted by Gasteiger charge is 2.17. The molecule has 14 nitrogen and oxygen atoms in total. The first kappa shape index (κ1) is 25.3. The first-order valence-corrected chi connectivity index (χ1v) is 12.1. The topological polar surface area (TPSA) is 178 Å². The number of benzene rings is 2. The van der Waals surface area contributed by atoms with Crippen LogP contribution >= 0.6 is 0 Å². The molecule has 1 saturated heterocycles. The Hall–Kier alpha value is -5.40. The van der Waals surface area contributed by atoms with Gasteiger partial charge >= 0.3 is 0 Å². The zero-order valence-corrected chi connectivity index (χ0v) is 20.6. The maximum Gasteiger partial charge on any atom is 0.269 e. The first-order valence-electron chi connectivity index (χ1n) is 12.1. The summed E-state index contributed by atoms with van der Waals surface area (Å²) in [5.41, 5.74) is 4.07. The summed E-state index contributed by atoms with van der Waals surface area (Å²) in [6, 6.07) is 15.5. The molecule has 0 atom stereocenters. The number of nitrogens with zero attached hydrogens (tertiary/aromatic N) is 7. The SMILES string of the molecule is O=[N+]([O-])c1ccc(Nc2nc(N/N=C\c3ccc(-c4ccc([N+](=O)[O-])cc4)o3)nc(N3CCCCC3)n2)cc1. The minimum absolute atomic E-state index is 0.00000258. The fraction of sp³-hybridized carbons (Fsp3) is 0.200. The Bertz CT molecular complexity index is 1500. The van der Waals surface area contributed by atoms with Crippen LogP contribution in [0, 0.1) is 20.2 Å². The number of rotatable bonds is 9. The summed E-state index contributed by atoms with van der Waals surface area (Å²) >= 11 is 0. The monoisotopic (exact) mass is 529 g/mol. The van der Waals surface area contributed by atoms with Gasteiger partial charge in [-0.25, -0.2) is 5.43 Å². The smallest absolute Gasteiger partial charge is 0.269 e. The van der Waals surface area contributed by atoms with Gasteiger partial charge in [-0.1, -0.05) is 0 Å². The highest BCUT2D eigenvalue weighted by atomic mass is 16.6. The predicted molar refractivity (Wildman–Crippen MR) is 144 cm³/mol. The Labute approximate surface area is 221 Å². The number of hydrogen-bond acceptors (Lipinski definition) is 12. The van der Waals surface area contributed by atoms with Crippen molar-refractivity contribution in [3.63, 3.8) is 0 Å². The van der Waals surface area contributed by atoms with Crippen LogP contribution in [0.15, 0.2) is 70.2 Å². The molecule has 14 heteroatoms. The van der Waals surface area contributed by atoms with E-state index >= 15 is 0 Å². The van der Waals surface area contributed by atoms with Crippen molar-refractivity contribution in [3.8, 4) is 11.3 Å². The van der Waals surface area contributed by atoms with E-state index in [9.17, 15) is 20.2 Å². The molecule has 0 amide bonds. The molecule has 4 aromatic rings. The van der Waals surface area contributed by atoms with E-state index < -0.39 is 9.85 Å². The molecule has 0 saturated carbocycles. The van der Waals surface area contributed by atoms with E-state index in [2.05, 4.69) is 35.7 Å². The summed E-state index contributed by atoms with van der Waals surface area (Å²) in [7, 11) is 0. The maximum atomic E-state index is 10.9. The molecule has 5 rings (SSSR count). The van der Waals surface area contributed by atoms with Crippen LogP contribution in [-0.4, -0.2) is 44.1 Å². The lowest BCUT2D eigenvalue weighted by Crippen LogP contribution is -2.31. The molecule has 0 spiro atoms. The van der Waals surface area contributed by atoms with Crippen LogP contribution in [0.1, 0.15) is 25.0 Å². The van der Waals surface area contributed by atoms with Crippen LogP contribution in [0.3, 0.4) is 0 Å². The third kappa shape index (κ3) is 6.30. The summed E-state index contributed by atoms with van der Waals surface area (Å²) in [6.45, 7) is 1.64. The number of furan rings is 1. The van der Waals surface area contributed by atoms with Crippen molar-refractivity contribution in [2.75, 3.05) is 28.7 Å². The molecule has 1 aliphatic rings. The highest BCUT2D eigenvalue weighted by Crippen LogP contribution is 2.25. The van der Waals surface area contributed by atoms with E-state index in [-0.39, 0.29) is 23.3 Å². The van der Waals surface area contributed by atoms with Crippen molar-refractivity contribution < 1.29 is 14.3 Å². The number of nitrogens with one attached hydrogen (secondary N) is 2. The zero-order valence-electron chi connectivity index (χ0n) is 20.6. The summed E-state index contributed by atoms with van der Waals surface area (Å²) in [5.74, 6) is 1.94. The van der Waals surface area contributed by atoms with Gasteiger partial charge in [0.1, 0.15) is 11.5 Å². The molecule has 2 aromatic heterocycles. The van der Waals surface area contributed by atoms with Gasteiger partial charge in [-0.3, -0.25) is 20.2 Å². The van der Waals surface area contributed by atoms with Gasteiger partial charge in [-0.05, 0) is 55.7 Å². The van der Waals surface area contributed by atoms with Gasteiger partial charge in [0.25, 0.3) is 11.4 Å². The minimum atomic E-state index is -0.463. The van der Waals surface area contributed by atoms with E-state index in [0.717, 1.165) is 32.4 Å². The fourth-order valence-corrected chi connectivity index (χ4v) is 3.98. The highest BCUT2D eigenvalue weighted by molar-refractivity contribution is 5.78. The number of nitro benzene ring substituents is 2. The van der Waals surface area contributed by atoms with Crippen LogP contribution in [0.5, 0.6) is 0 Å². The van der Waals surface area contributed by atoms with Gasteiger partial charge in [-0.2, -0.15) is 20.1 Å². The lowest BCUT2D eigenvalue weighted by molar-refractivity contribution is -0.385. The van der Waals surface area contributed by atoms with Crippen molar-refractivity contribution >= 4 is 41.1 Å². The number of non-ortho nitro benzene ring substituents is 2. The van der Waals surface area contributed by atoms with Crippen LogP contribution < -0.4 is 15.6 Å². The van der Waals surface area contributed by atoms with Gasteiger partial charge in [-0.15, -0.1) is 0 Å². The number of piperidine rings is 1. The second kappa shape index (κ2) is 11.3. The van der Waals surface area contributed by atoms with E-state index in [1.165, 1.54) is 30.5 Å². The summed E-state index contributed by atoms with van der Waals surface area (Å²) in [6.07, 6.45) is 4.68. The van der Waals surface area contributed by atoms with Crippen LogP contribution in [0.4, 0.5) is 34.9 Å². The Morgan fingerprint density at radius 2 is 1.46 bits per heavy atom. The van der Waals surface area contributed by atoms with Gasteiger partial charge < -0.3 is 14.6 Å². The normalized spacial score (nSPS) is 13.4. The van der Waals surface area contributed by atoms with Crippen molar-refractivity contribution in [2.45, 2.75) is 19.3 Å². The molecule has 1 aliphatic heterocycles. The number of aromatic nitrogens is 3. The molecule has 2 aromatic carbocycles. The van der Waals surface area contributed by atoms with E-state index in [1.807, 2.05) is 0 Å². The second-order valence-electron chi connectivity index (χ2n) is 8.64. The minimum Gasteiger partial charge on any atom is -0.455 e. The molecular weight excluding hydrogens is 506 g/mol. The number of hydrazone groups is 1. The molecule has 0 unspecified atom stereocenters. The van der Waals surface area contributed by atoms with Crippen LogP contribution in [0.25, 0.3) is 11.3 Å². The third-order valence-corrected chi connectivity index (χ3v) is 5.94. The standard InChI is InChI=1S/C25H23N9O5/c35-33(36)19-8-4-17(5-9-19)22-13-12-21(39-22)16-26-31-24-28-23(27-18-6-10-20(11-7-18)34(37)38)29-25(30-24)32-14-2-1-3-15-32/h4-13,16H,1-3,14-15H2,(H2,27,28,29,30,31)/b26-16-. The van der Waals surface area contributed by atoms with Crippen LogP contribution in [0.2, 0.25) is 0 Å². The molecule has 198 valence electrons. The van der Waals surface area contributed by atoms with E-state index in [1.54, 1.807) is 36.4 Å². The molecular formula is C25H23N9O5. The van der Waals surface area contributed by atoms with Crippen molar-refractivity contribution in [3.05, 3.63) is 86.7 Å².